The molecule has 1 aromatic carbocycles. The van der Waals surface area contributed by atoms with Crippen LogP contribution < -0.4 is 10.1 Å². The third kappa shape index (κ3) is 4.68. The number of nitrogens with one attached hydrogen (secondary N) is 1. The van der Waals surface area contributed by atoms with Crippen LogP contribution in [0.1, 0.15) is 25.7 Å². The number of ether oxygens (including phenoxy) is 1. The van der Waals surface area contributed by atoms with Gasteiger partial charge in [0.05, 0.1) is 0 Å². The first-order valence-corrected chi connectivity index (χ1v) is 8.14. The van der Waals surface area contributed by atoms with E-state index in [0.29, 0.717) is 18.4 Å². The number of hydrogen-bond acceptors (Lipinski definition) is 3. The molecule has 0 atom stereocenters. The van der Waals surface area contributed by atoms with Crippen molar-refractivity contribution in [3.05, 3.63) is 30.1 Å². The van der Waals surface area contributed by atoms with Crippen LogP contribution in [0, 0.1) is 11.7 Å². The van der Waals surface area contributed by atoms with E-state index in [0.717, 1.165) is 25.6 Å². The molecule has 1 N–H and O–H groups in total. The average molecular weight is 292 g/mol. The first kappa shape index (κ1) is 14.8. The molecule has 4 heteroatoms. The summed E-state index contributed by atoms with van der Waals surface area (Å²) in [6.07, 6.45) is 5.26. The van der Waals surface area contributed by atoms with Crippen LogP contribution in [0.15, 0.2) is 24.3 Å². The van der Waals surface area contributed by atoms with Crippen molar-refractivity contribution < 1.29 is 9.13 Å². The zero-order valence-corrected chi connectivity index (χ0v) is 12.6. The monoisotopic (exact) mass is 292 g/mol. The largest absolute Gasteiger partial charge is 0.489 e. The highest BCUT2D eigenvalue weighted by Crippen LogP contribution is 2.28. The summed E-state index contributed by atoms with van der Waals surface area (Å²) in [7, 11) is 0. The van der Waals surface area contributed by atoms with Crippen LogP contribution in [0.2, 0.25) is 0 Å². The minimum atomic E-state index is -0.277. The van der Waals surface area contributed by atoms with E-state index in [1.807, 2.05) is 0 Å². The molecular formula is C17H25FN2O. The lowest BCUT2D eigenvalue weighted by Gasteiger charge is -2.32. The first-order chi connectivity index (χ1) is 10.3. The quantitative estimate of drug-likeness (QED) is 0.836. The fraction of sp³-hybridized carbons (Fsp3) is 0.647. The predicted octanol–water partition coefficient (Wildman–Crippen LogP) is 2.67. The normalized spacial score (nSPS) is 20.6. The number of rotatable bonds is 7. The Labute approximate surface area is 126 Å². The van der Waals surface area contributed by atoms with Gasteiger partial charge in [-0.15, -0.1) is 0 Å². The fourth-order valence-electron chi connectivity index (χ4n) is 2.86. The van der Waals surface area contributed by atoms with Gasteiger partial charge in [0, 0.05) is 12.6 Å². The second-order valence-electron chi connectivity index (χ2n) is 6.25. The minimum absolute atomic E-state index is 0.277. The highest BCUT2D eigenvalue weighted by Gasteiger charge is 2.24. The smallest absolute Gasteiger partial charge is 0.165 e. The maximum absolute atomic E-state index is 13.4. The Morgan fingerprint density at radius 3 is 2.62 bits per heavy atom. The Hall–Kier alpha value is -1.13. The van der Waals surface area contributed by atoms with Gasteiger partial charge < -0.3 is 10.1 Å². The van der Waals surface area contributed by atoms with Crippen LogP contribution in [0.5, 0.6) is 5.75 Å². The zero-order chi connectivity index (χ0) is 14.5. The number of likely N-dealkylation sites (tertiary alicyclic amines) is 1. The summed E-state index contributed by atoms with van der Waals surface area (Å²) >= 11 is 0. The Balaban J connectivity index is 1.31. The van der Waals surface area contributed by atoms with Crippen molar-refractivity contribution in [1.29, 1.82) is 0 Å². The standard InChI is InChI=1S/C17H25FN2O/c18-16-3-1-2-4-17(16)21-12-11-20-9-7-15(8-10-20)19-13-14-5-6-14/h1-4,14-15,19H,5-13H2. The number of halogens is 1. The fourth-order valence-corrected chi connectivity index (χ4v) is 2.86. The predicted molar refractivity (Wildman–Crippen MR) is 82.1 cm³/mol. The van der Waals surface area contributed by atoms with Gasteiger partial charge in [-0.3, -0.25) is 4.90 Å². The van der Waals surface area contributed by atoms with Gasteiger partial charge >= 0.3 is 0 Å². The molecule has 3 nitrogen and oxygen atoms in total. The number of benzene rings is 1. The lowest BCUT2D eigenvalue weighted by molar-refractivity contribution is 0.162. The molecule has 0 amide bonds. The lowest BCUT2D eigenvalue weighted by atomic mass is 10.0. The van der Waals surface area contributed by atoms with Gasteiger partial charge in [-0.25, -0.2) is 4.39 Å². The number of piperidine rings is 1. The van der Waals surface area contributed by atoms with Crippen LogP contribution in [0.3, 0.4) is 0 Å². The molecule has 1 heterocycles. The highest BCUT2D eigenvalue weighted by atomic mass is 19.1. The molecule has 0 unspecified atom stereocenters. The summed E-state index contributed by atoms with van der Waals surface area (Å²) in [5.74, 6) is 1.04. The zero-order valence-electron chi connectivity index (χ0n) is 12.6. The molecule has 3 rings (SSSR count). The molecule has 0 spiro atoms. The van der Waals surface area contributed by atoms with Gasteiger partial charge in [-0.2, -0.15) is 0 Å². The Morgan fingerprint density at radius 1 is 1.14 bits per heavy atom. The summed E-state index contributed by atoms with van der Waals surface area (Å²) in [6.45, 7) is 4.87. The van der Waals surface area contributed by atoms with E-state index in [1.54, 1.807) is 18.2 Å². The second-order valence-corrected chi connectivity index (χ2v) is 6.25. The van der Waals surface area contributed by atoms with E-state index in [1.165, 1.54) is 38.3 Å². The molecular weight excluding hydrogens is 267 g/mol. The van der Waals surface area contributed by atoms with Crippen molar-refractivity contribution in [2.75, 3.05) is 32.8 Å². The van der Waals surface area contributed by atoms with E-state index in [9.17, 15) is 4.39 Å². The van der Waals surface area contributed by atoms with E-state index in [2.05, 4.69) is 10.2 Å². The maximum atomic E-state index is 13.4. The van der Waals surface area contributed by atoms with Crippen molar-refractivity contribution in [2.45, 2.75) is 31.7 Å². The van der Waals surface area contributed by atoms with Crippen molar-refractivity contribution in [1.82, 2.24) is 10.2 Å². The van der Waals surface area contributed by atoms with Gasteiger partial charge in [0.25, 0.3) is 0 Å². The van der Waals surface area contributed by atoms with Gasteiger partial charge in [0.15, 0.2) is 11.6 Å². The Kier molecular flexibility index (Phi) is 5.09. The number of para-hydroxylation sites is 1. The second kappa shape index (κ2) is 7.23. The highest BCUT2D eigenvalue weighted by molar-refractivity contribution is 5.23. The number of nitrogens with zero attached hydrogens (tertiary/aromatic N) is 1. The van der Waals surface area contributed by atoms with Crippen LogP contribution in [0.25, 0.3) is 0 Å². The molecule has 21 heavy (non-hydrogen) atoms. The van der Waals surface area contributed by atoms with Gasteiger partial charge in [-0.05, 0) is 63.4 Å². The summed E-state index contributed by atoms with van der Waals surface area (Å²) in [6, 6.07) is 7.29. The van der Waals surface area contributed by atoms with Crippen molar-refractivity contribution >= 4 is 0 Å². The number of hydrogen-bond donors (Lipinski definition) is 1. The van der Waals surface area contributed by atoms with E-state index in [4.69, 9.17) is 4.74 Å². The van der Waals surface area contributed by atoms with Crippen LogP contribution >= 0.6 is 0 Å². The molecule has 0 aromatic heterocycles. The van der Waals surface area contributed by atoms with E-state index in [-0.39, 0.29) is 5.82 Å². The van der Waals surface area contributed by atoms with E-state index < -0.39 is 0 Å². The van der Waals surface area contributed by atoms with Gasteiger partial charge in [0.2, 0.25) is 0 Å². The average Bonchev–Trinajstić information content (AvgIpc) is 3.33. The first-order valence-electron chi connectivity index (χ1n) is 8.14. The maximum Gasteiger partial charge on any atom is 0.165 e. The summed E-state index contributed by atoms with van der Waals surface area (Å²) < 4.78 is 18.9. The molecule has 0 radical (unpaired) electrons. The van der Waals surface area contributed by atoms with Crippen LogP contribution in [-0.2, 0) is 0 Å². The molecule has 1 saturated heterocycles. The Bertz CT molecular complexity index is 442. The van der Waals surface area contributed by atoms with Crippen molar-refractivity contribution in [3.8, 4) is 5.75 Å². The topological polar surface area (TPSA) is 24.5 Å². The van der Waals surface area contributed by atoms with Gasteiger partial charge in [0.1, 0.15) is 6.61 Å². The molecule has 1 saturated carbocycles. The molecule has 116 valence electrons. The van der Waals surface area contributed by atoms with E-state index >= 15 is 0 Å². The third-order valence-electron chi connectivity index (χ3n) is 4.48. The van der Waals surface area contributed by atoms with Crippen LogP contribution in [0.4, 0.5) is 4.39 Å². The summed E-state index contributed by atoms with van der Waals surface area (Å²) in [5, 5.41) is 3.69. The molecule has 2 fully saturated rings. The third-order valence-corrected chi connectivity index (χ3v) is 4.48. The molecule has 2 aliphatic rings. The molecule has 1 aromatic rings. The lowest BCUT2D eigenvalue weighted by Crippen LogP contribution is -2.44. The van der Waals surface area contributed by atoms with Crippen molar-refractivity contribution in [2.24, 2.45) is 5.92 Å². The molecule has 1 aliphatic carbocycles. The molecule has 0 bridgehead atoms. The molecule has 1 aliphatic heterocycles. The Morgan fingerprint density at radius 2 is 1.90 bits per heavy atom. The minimum Gasteiger partial charge on any atom is -0.489 e. The van der Waals surface area contributed by atoms with Crippen molar-refractivity contribution in [3.63, 3.8) is 0 Å². The summed E-state index contributed by atoms with van der Waals surface area (Å²) in [4.78, 5) is 2.41. The van der Waals surface area contributed by atoms with Gasteiger partial charge in [-0.1, -0.05) is 12.1 Å². The SMILES string of the molecule is Fc1ccccc1OCCN1CCC(NCC2CC2)CC1. The summed E-state index contributed by atoms with van der Waals surface area (Å²) in [5.41, 5.74) is 0. The van der Waals surface area contributed by atoms with Crippen LogP contribution in [-0.4, -0.2) is 43.7 Å².